The molecule has 4 aromatic carbocycles. The van der Waals surface area contributed by atoms with Gasteiger partial charge in [-0.2, -0.15) is 5.10 Å². The van der Waals surface area contributed by atoms with Crippen molar-refractivity contribution in [2.75, 3.05) is 0 Å². The van der Waals surface area contributed by atoms with Gasteiger partial charge in [-0.05, 0) is 65.2 Å². The lowest BCUT2D eigenvalue weighted by atomic mass is 10.1. The van der Waals surface area contributed by atoms with Crippen molar-refractivity contribution in [3.05, 3.63) is 137 Å². The first-order valence-electron chi connectivity index (χ1n) is 11.2. The van der Waals surface area contributed by atoms with Crippen LogP contribution in [0.25, 0.3) is 28.2 Å². The highest BCUT2D eigenvalue weighted by molar-refractivity contribution is 9.10. The first-order valence-corrected chi connectivity index (χ1v) is 12.0. The second-order valence-corrected chi connectivity index (χ2v) is 8.88. The van der Waals surface area contributed by atoms with Crippen molar-refractivity contribution < 1.29 is 4.79 Å². The van der Waals surface area contributed by atoms with E-state index in [0.717, 1.165) is 38.2 Å². The Balaban J connectivity index is 1.43. The lowest BCUT2D eigenvalue weighted by molar-refractivity contribution is 0.0955. The van der Waals surface area contributed by atoms with Gasteiger partial charge < -0.3 is 4.57 Å². The van der Waals surface area contributed by atoms with Crippen molar-refractivity contribution in [3.8, 4) is 28.2 Å². The highest BCUT2D eigenvalue weighted by Gasteiger charge is 2.14. The Bertz CT molecular complexity index is 1400. The van der Waals surface area contributed by atoms with Gasteiger partial charge in [0.15, 0.2) is 0 Å². The summed E-state index contributed by atoms with van der Waals surface area (Å²) < 4.78 is 3.21. The summed E-state index contributed by atoms with van der Waals surface area (Å²) in [6.45, 7) is 0. The minimum atomic E-state index is -0.260. The van der Waals surface area contributed by atoms with E-state index in [-0.39, 0.29) is 5.91 Å². The van der Waals surface area contributed by atoms with Gasteiger partial charge in [-0.3, -0.25) is 4.79 Å². The third-order valence-corrected chi connectivity index (χ3v) is 6.19. The predicted octanol–water partition coefficient (Wildman–Crippen LogP) is 7.34. The minimum absolute atomic E-state index is 0.260. The molecular weight excluding hydrogens is 498 g/mol. The molecule has 0 saturated heterocycles. The Hall–Kier alpha value is -4.22. The summed E-state index contributed by atoms with van der Waals surface area (Å²) in [6.07, 6.45) is 1.62. The molecule has 5 heteroatoms. The molecule has 0 aliphatic carbocycles. The van der Waals surface area contributed by atoms with Crippen LogP contribution in [0.1, 0.15) is 15.9 Å². The van der Waals surface area contributed by atoms with Gasteiger partial charge in [0.05, 0.1) is 17.6 Å². The van der Waals surface area contributed by atoms with Crippen LogP contribution >= 0.6 is 15.9 Å². The molecule has 0 unspecified atom stereocenters. The molecule has 35 heavy (non-hydrogen) atoms. The number of halogens is 1. The van der Waals surface area contributed by atoms with Crippen LogP contribution < -0.4 is 5.43 Å². The average Bonchev–Trinajstić information content (AvgIpc) is 3.36. The van der Waals surface area contributed by atoms with Crippen LogP contribution in [-0.2, 0) is 0 Å². The number of aromatic nitrogens is 1. The fourth-order valence-electron chi connectivity index (χ4n) is 3.92. The van der Waals surface area contributed by atoms with Gasteiger partial charge >= 0.3 is 0 Å². The van der Waals surface area contributed by atoms with E-state index in [9.17, 15) is 4.79 Å². The molecule has 5 rings (SSSR count). The molecule has 4 nitrogen and oxygen atoms in total. The molecule has 1 aromatic heterocycles. The SMILES string of the molecule is O=C(N/N=C\c1ccc(Br)cc1)c1ccc(-n2c(-c3ccccc3)ccc2-c2ccccc2)cc1. The summed E-state index contributed by atoms with van der Waals surface area (Å²) in [7, 11) is 0. The Morgan fingerprint density at radius 2 is 1.23 bits per heavy atom. The molecule has 1 N–H and O–H groups in total. The van der Waals surface area contributed by atoms with Gasteiger partial charge in [0.2, 0.25) is 0 Å². The molecule has 1 amide bonds. The molecule has 5 aromatic rings. The van der Waals surface area contributed by atoms with Gasteiger partial charge in [0, 0.05) is 15.7 Å². The van der Waals surface area contributed by atoms with Crippen molar-refractivity contribution in [1.82, 2.24) is 9.99 Å². The Morgan fingerprint density at radius 3 is 1.77 bits per heavy atom. The van der Waals surface area contributed by atoms with E-state index in [0.29, 0.717) is 5.56 Å². The van der Waals surface area contributed by atoms with Gasteiger partial charge in [0.25, 0.3) is 5.91 Å². The number of hydrazone groups is 1. The molecule has 0 bridgehead atoms. The summed E-state index contributed by atoms with van der Waals surface area (Å²) in [5, 5.41) is 4.08. The summed E-state index contributed by atoms with van der Waals surface area (Å²) in [5.74, 6) is -0.260. The zero-order chi connectivity index (χ0) is 24.0. The Labute approximate surface area is 212 Å². The third kappa shape index (κ3) is 5.15. The van der Waals surface area contributed by atoms with Gasteiger partial charge in [-0.15, -0.1) is 0 Å². The lowest BCUT2D eigenvalue weighted by Gasteiger charge is -2.15. The predicted molar refractivity (Wildman–Crippen MR) is 146 cm³/mol. The smallest absolute Gasteiger partial charge is 0.271 e. The second kappa shape index (κ2) is 10.4. The molecule has 0 aliphatic heterocycles. The van der Waals surface area contributed by atoms with Gasteiger partial charge in [-0.1, -0.05) is 88.7 Å². The van der Waals surface area contributed by atoms with Crippen LogP contribution in [0.2, 0.25) is 0 Å². The molecule has 1 heterocycles. The van der Waals surface area contributed by atoms with Crippen LogP contribution in [0, 0.1) is 0 Å². The van der Waals surface area contributed by atoms with Crippen molar-refractivity contribution >= 4 is 28.1 Å². The van der Waals surface area contributed by atoms with Gasteiger partial charge in [0.1, 0.15) is 0 Å². The van der Waals surface area contributed by atoms with E-state index < -0.39 is 0 Å². The number of benzene rings is 4. The highest BCUT2D eigenvalue weighted by atomic mass is 79.9. The van der Waals surface area contributed by atoms with Crippen LogP contribution in [0.5, 0.6) is 0 Å². The quantitative estimate of drug-likeness (QED) is 0.185. The first kappa shape index (κ1) is 22.6. The Morgan fingerprint density at radius 1 is 0.686 bits per heavy atom. The number of nitrogens with one attached hydrogen (secondary N) is 1. The first-order chi connectivity index (χ1) is 17.2. The van der Waals surface area contributed by atoms with E-state index in [2.05, 4.69) is 67.4 Å². The molecule has 0 radical (unpaired) electrons. The minimum Gasteiger partial charge on any atom is -0.309 e. The zero-order valence-corrected chi connectivity index (χ0v) is 20.4. The van der Waals surface area contributed by atoms with Crippen LogP contribution in [-0.4, -0.2) is 16.7 Å². The Kier molecular flexibility index (Phi) is 6.68. The van der Waals surface area contributed by atoms with E-state index in [4.69, 9.17) is 0 Å². The number of carbonyl (C=O) groups excluding carboxylic acids is 1. The maximum atomic E-state index is 12.6. The standard InChI is InChI=1S/C30H22BrN3O/c31-26-15-11-22(12-16-26)21-32-33-30(35)25-13-17-27(18-14-25)34-28(23-7-3-1-4-8-23)19-20-29(34)24-9-5-2-6-10-24/h1-21H,(H,33,35)/b32-21-. The fourth-order valence-corrected chi connectivity index (χ4v) is 4.19. The van der Waals surface area contributed by atoms with Crippen molar-refractivity contribution in [2.24, 2.45) is 5.10 Å². The zero-order valence-electron chi connectivity index (χ0n) is 18.8. The van der Waals surface area contributed by atoms with Crippen molar-refractivity contribution in [3.63, 3.8) is 0 Å². The monoisotopic (exact) mass is 519 g/mol. The lowest BCUT2D eigenvalue weighted by Crippen LogP contribution is -2.17. The number of hydrogen-bond acceptors (Lipinski definition) is 2. The summed E-state index contributed by atoms with van der Waals surface area (Å²) in [6, 6.07) is 40.1. The van der Waals surface area contributed by atoms with Crippen LogP contribution in [0.4, 0.5) is 0 Å². The van der Waals surface area contributed by atoms with Crippen molar-refractivity contribution in [1.29, 1.82) is 0 Å². The maximum absolute atomic E-state index is 12.6. The number of nitrogens with zero attached hydrogens (tertiary/aromatic N) is 2. The normalized spacial score (nSPS) is 11.0. The van der Waals surface area contributed by atoms with Crippen LogP contribution in [0.15, 0.2) is 131 Å². The number of hydrogen-bond donors (Lipinski definition) is 1. The summed E-state index contributed by atoms with van der Waals surface area (Å²) >= 11 is 3.41. The van der Waals surface area contributed by atoms with E-state index in [1.54, 1.807) is 6.21 Å². The summed E-state index contributed by atoms with van der Waals surface area (Å²) in [4.78, 5) is 12.6. The van der Waals surface area contributed by atoms with Crippen molar-refractivity contribution in [2.45, 2.75) is 0 Å². The van der Waals surface area contributed by atoms with E-state index in [1.165, 1.54) is 0 Å². The van der Waals surface area contributed by atoms with E-state index in [1.807, 2.05) is 84.9 Å². The summed E-state index contributed by atoms with van der Waals surface area (Å²) in [5.41, 5.74) is 9.43. The van der Waals surface area contributed by atoms with E-state index >= 15 is 0 Å². The topological polar surface area (TPSA) is 46.4 Å². The molecule has 0 aliphatic rings. The molecule has 0 atom stereocenters. The molecule has 0 fully saturated rings. The average molecular weight is 520 g/mol. The number of rotatable bonds is 6. The van der Waals surface area contributed by atoms with Gasteiger partial charge in [-0.25, -0.2) is 5.43 Å². The second-order valence-electron chi connectivity index (χ2n) is 7.97. The fraction of sp³-hybridized carbons (Fsp3) is 0. The molecular formula is C30H22BrN3O. The number of carbonyl (C=O) groups is 1. The number of amides is 1. The van der Waals surface area contributed by atoms with Crippen LogP contribution in [0.3, 0.4) is 0 Å². The highest BCUT2D eigenvalue weighted by Crippen LogP contribution is 2.32. The maximum Gasteiger partial charge on any atom is 0.271 e. The third-order valence-electron chi connectivity index (χ3n) is 5.66. The molecule has 0 saturated carbocycles. The molecule has 0 spiro atoms. The molecule has 170 valence electrons. The largest absolute Gasteiger partial charge is 0.309 e.